The molecule has 1 unspecified atom stereocenters. The fourth-order valence-electron chi connectivity index (χ4n) is 2.06. The van der Waals surface area contributed by atoms with Crippen LogP contribution in [0.3, 0.4) is 0 Å². The zero-order valence-electron chi connectivity index (χ0n) is 9.90. The van der Waals surface area contributed by atoms with Gasteiger partial charge in [0, 0.05) is 17.4 Å². The van der Waals surface area contributed by atoms with Gasteiger partial charge in [0.15, 0.2) is 0 Å². The molecule has 5 heteroatoms. The zero-order chi connectivity index (χ0) is 12.6. The van der Waals surface area contributed by atoms with Gasteiger partial charge >= 0.3 is 0 Å². The quantitative estimate of drug-likeness (QED) is 0.851. The second-order valence-corrected chi connectivity index (χ2v) is 5.61. The van der Waals surface area contributed by atoms with Crippen molar-refractivity contribution in [1.29, 1.82) is 0 Å². The summed E-state index contributed by atoms with van der Waals surface area (Å²) >= 11 is 7.74. The van der Waals surface area contributed by atoms with E-state index in [0.717, 1.165) is 33.8 Å². The highest BCUT2D eigenvalue weighted by molar-refractivity contribution is 9.10. The molecule has 0 aliphatic carbocycles. The van der Waals surface area contributed by atoms with Gasteiger partial charge in [0.25, 0.3) is 0 Å². The second kappa shape index (κ2) is 4.98. The van der Waals surface area contributed by atoms with E-state index in [9.17, 15) is 4.79 Å². The Labute approximate surface area is 115 Å². The van der Waals surface area contributed by atoms with Crippen molar-refractivity contribution in [1.82, 2.24) is 4.98 Å². The number of aryl methyl sites for hydroxylation is 2. The number of anilines is 1. The summed E-state index contributed by atoms with van der Waals surface area (Å²) in [6, 6.07) is 1.95. The van der Waals surface area contributed by atoms with E-state index in [-0.39, 0.29) is 5.91 Å². The van der Waals surface area contributed by atoms with Gasteiger partial charge in [-0.1, -0.05) is 0 Å². The monoisotopic (exact) mass is 314 g/mol. The average molecular weight is 315 g/mol. The van der Waals surface area contributed by atoms with Crippen molar-refractivity contribution in [2.24, 2.45) is 5.92 Å². The summed E-state index contributed by atoms with van der Waals surface area (Å²) in [6.07, 6.45) is 0.583. The number of aromatic nitrogens is 1. The molecule has 1 aromatic rings. The smallest absolute Gasteiger partial charge is 0.228 e. The minimum Gasteiger partial charge on any atom is -0.296 e. The van der Waals surface area contributed by atoms with Crippen molar-refractivity contribution in [3.63, 3.8) is 0 Å². The van der Waals surface area contributed by atoms with Crippen LogP contribution in [0, 0.1) is 19.8 Å². The number of halogens is 1. The van der Waals surface area contributed by atoms with E-state index in [2.05, 4.69) is 33.5 Å². The highest BCUT2D eigenvalue weighted by Gasteiger charge is 2.30. The number of carbonyl (C=O) groups excluding carboxylic acids is 1. The van der Waals surface area contributed by atoms with Gasteiger partial charge in [-0.15, -0.1) is 0 Å². The predicted molar refractivity (Wildman–Crippen MR) is 75.7 cm³/mol. The largest absolute Gasteiger partial charge is 0.296 e. The molecular formula is C12H15BrN2OS. The lowest BCUT2D eigenvalue weighted by Crippen LogP contribution is -2.26. The number of hydrogen-bond donors (Lipinski definition) is 1. The van der Waals surface area contributed by atoms with Crippen LogP contribution in [0.1, 0.15) is 17.7 Å². The Morgan fingerprint density at radius 2 is 2.29 bits per heavy atom. The van der Waals surface area contributed by atoms with Gasteiger partial charge in [-0.25, -0.2) is 4.98 Å². The number of pyridine rings is 1. The van der Waals surface area contributed by atoms with E-state index in [1.807, 2.05) is 19.9 Å². The molecule has 2 rings (SSSR count). The van der Waals surface area contributed by atoms with Crippen molar-refractivity contribution in [2.45, 2.75) is 20.3 Å². The predicted octanol–water partition coefficient (Wildman–Crippen LogP) is 2.74. The van der Waals surface area contributed by atoms with E-state index < -0.39 is 0 Å². The summed E-state index contributed by atoms with van der Waals surface area (Å²) in [6.45, 7) is 4.69. The van der Waals surface area contributed by atoms with Gasteiger partial charge in [-0.2, -0.15) is 12.6 Å². The minimum atomic E-state index is 0.151. The lowest BCUT2D eigenvalue weighted by Gasteiger charge is -2.17. The molecule has 1 fully saturated rings. The first-order valence-corrected chi connectivity index (χ1v) is 7.00. The number of carbonyl (C=O) groups is 1. The highest BCUT2D eigenvalue weighted by atomic mass is 79.9. The van der Waals surface area contributed by atoms with Crippen LogP contribution in [0.15, 0.2) is 10.5 Å². The van der Waals surface area contributed by atoms with Gasteiger partial charge in [0.05, 0.1) is 5.69 Å². The Hall–Kier alpha value is -0.550. The standard InChI is InChI=1S/C12H15BrN2OS/c1-7-3-10(14-8(2)12(7)13)15-5-9(6-17)4-11(15)16/h3,9,17H,4-6H2,1-2H3. The van der Waals surface area contributed by atoms with E-state index in [1.54, 1.807) is 4.90 Å². The summed E-state index contributed by atoms with van der Waals surface area (Å²) in [5, 5.41) is 0. The maximum atomic E-state index is 11.9. The van der Waals surface area contributed by atoms with Crippen molar-refractivity contribution >= 4 is 40.3 Å². The number of hydrogen-bond acceptors (Lipinski definition) is 3. The van der Waals surface area contributed by atoms with Crippen LogP contribution in [0.5, 0.6) is 0 Å². The molecule has 0 radical (unpaired) electrons. The van der Waals surface area contributed by atoms with Crippen LogP contribution < -0.4 is 4.90 Å². The van der Waals surface area contributed by atoms with Crippen LogP contribution in [0.2, 0.25) is 0 Å². The second-order valence-electron chi connectivity index (χ2n) is 4.45. The Morgan fingerprint density at radius 1 is 1.59 bits per heavy atom. The lowest BCUT2D eigenvalue weighted by molar-refractivity contribution is -0.117. The summed E-state index contributed by atoms with van der Waals surface area (Å²) < 4.78 is 1.01. The van der Waals surface area contributed by atoms with Crippen molar-refractivity contribution in [3.05, 3.63) is 21.8 Å². The maximum absolute atomic E-state index is 11.9. The van der Waals surface area contributed by atoms with Crippen LogP contribution in [0.25, 0.3) is 0 Å². The molecule has 1 saturated heterocycles. The van der Waals surface area contributed by atoms with Crippen LogP contribution in [-0.2, 0) is 4.79 Å². The summed E-state index contributed by atoms with van der Waals surface area (Å²) in [5.41, 5.74) is 2.02. The molecule has 1 aromatic heterocycles. The molecule has 1 aliphatic heterocycles. The normalized spacial score (nSPS) is 20.1. The third-order valence-electron chi connectivity index (χ3n) is 3.03. The lowest BCUT2D eigenvalue weighted by atomic mass is 10.1. The van der Waals surface area contributed by atoms with Crippen molar-refractivity contribution in [3.8, 4) is 0 Å². The summed E-state index contributed by atoms with van der Waals surface area (Å²) in [4.78, 5) is 18.1. The highest BCUT2D eigenvalue weighted by Crippen LogP contribution is 2.28. The van der Waals surface area contributed by atoms with Crippen molar-refractivity contribution in [2.75, 3.05) is 17.2 Å². The van der Waals surface area contributed by atoms with Crippen LogP contribution in [-0.4, -0.2) is 23.2 Å². The molecule has 92 valence electrons. The van der Waals surface area contributed by atoms with Gasteiger partial charge in [-0.05, 0) is 53.1 Å². The van der Waals surface area contributed by atoms with Gasteiger partial charge in [0.1, 0.15) is 5.82 Å². The van der Waals surface area contributed by atoms with Gasteiger partial charge < -0.3 is 0 Å². The molecule has 0 aromatic carbocycles. The topological polar surface area (TPSA) is 33.2 Å². The van der Waals surface area contributed by atoms with E-state index in [4.69, 9.17) is 0 Å². The number of amides is 1. The molecule has 0 spiro atoms. The molecule has 1 aliphatic rings. The van der Waals surface area contributed by atoms with Crippen LogP contribution >= 0.6 is 28.6 Å². The Balaban J connectivity index is 2.32. The van der Waals surface area contributed by atoms with E-state index >= 15 is 0 Å². The Bertz CT molecular complexity index is 441. The Morgan fingerprint density at radius 3 is 2.82 bits per heavy atom. The molecule has 0 bridgehead atoms. The molecule has 1 amide bonds. The molecule has 0 saturated carbocycles. The number of rotatable bonds is 2. The van der Waals surface area contributed by atoms with E-state index in [0.29, 0.717) is 12.3 Å². The first kappa shape index (κ1) is 12.9. The Kier molecular flexibility index (Phi) is 3.78. The first-order chi connectivity index (χ1) is 8.02. The van der Waals surface area contributed by atoms with Crippen molar-refractivity contribution < 1.29 is 4.79 Å². The number of thiol groups is 1. The minimum absolute atomic E-state index is 0.151. The summed E-state index contributed by atoms with van der Waals surface area (Å²) in [5.74, 6) is 2.00. The molecular weight excluding hydrogens is 300 g/mol. The molecule has 17 heavy (non-hydrogen) atoms. The first-order valence-electron chi connectivity index (χ1n) is 5.58. The molecule has 2 heterocycles. The molecule has 1 atom stereocenters. The SMILES string of the molecule is Cc1cc(N2CC(CS)CC2=O)nc(C)c1Br. The fourth-order valence-corrected chi connectivity index (χ4v) is 2.51. The van der Waals surface area contributed by atoms with E-state index in [1.165, 1.54) is 0 Å². The number of nitrogens with zero attached hydrogens (tertiary/aromatic N) is 2. The summed E-state index contributed by atoms with van der Waals surface area (Å²) in [7, 11) is 0. The fraction of sp³-hybridized carbons (Fsp3) is 0.500. The zero-order valence-corrected chi connectivity index (χ0v) is 12.4. The van der Waals surface area contributed by atoms with Gasteiger partial charge in [-0.3, -0.25) is 9.69 Å². The van der Waals surface area contributed by atoms with Gasteiger partial charge in [0.2, 0.25) is 5.91 Å². The average Bonchev–Trinajstić information content (AvgIpc) is 2.67. The maximum Gasteiger partial charge on any atom is 0.228 e. The third kappa shape index (κ3) is 2.50. The molecule has 0 N–H and O–H groups in total. The van der Waals surface area contributed by atoms with Crippen LogP contribution in [0.4, 0.5) is 5.82 Å². The molecule has 3 nitrogen and oxygen atoms in total. The third-order valence-corrected chi connectivity index (χ3v) is 4.75.